The van der Waals surface area contributed by atoms with Crippen LogP contribution in [0.25, 0.3) is 0 Å². The molecule has 3 rings (SSSR count). The van der Waals surface area contributed by atoms with Crippen molar-refractivity contribution < 1.29 is 69.9 Å². The molecule has 0 heterocycles. The highest BCUT2D eigenvalue weighted by atomic mass is 16.4. The van der Waals surface area contributed by atoms with Crippen LogP contribution in [0.5, 0.6) is 0 Å². The van der Waals surface area contributed by atoms with Crippen LogP contribution in [0.4, 0.5) is 0 Å². The topological polar surface area (TPSA) is 267 Å². The molecule has 3 aromatic rings. The summed E-state index contributed by atoms with van der Waals surface area (Å²) in [6.45, 7) is 0. The first-order valence-electron chi connectivity index (χ1n) is 14.1. The maximum absolute atomic E-state index is 13.2. The monoisotopic (exact) mass is 654 g/mol. The van der Waals surface area contributed by atoms with Crippen molar-refractivity contribution in [3.63, 3.8) is 0 Å². The predicted octanol–water partition coefficient (Wildman–Crippen LogP) is 0.404. The van der Waals surface area contributed by atoms with Crippen molar-refractivity contribution in [1.82, 2.24) is 0 Å². The van der Waals surface area contributed by atoms with Crippen LogP contribution < -0.4 is 0 Å². The molecular weight excluding hydrogens is 620 g/mol. The Morgan fingerprint density at radius 3 is 1.19 bits per heavy atom. The van der Waals surface area contributed by atoms with Crippen molar-refractivity contribution >= 4 is 29.7 Å². The van der Waals surface area contributed by atoms with Gasteiger partial charge in [-0.2, -0.15) is 0 Å². The first-order chi connectivity index (χ1) is 22.0. The summed E-state index contributed by atoms with van der Waals surface area (Å²) in [5.74, 6) is -10.3. The van der Waals surface area contributed by atoms with E-state index in [1.165, 1.54) is 36.4 Å². The van der Waals surface area contributed by atoms with Crippen molar-refractivity contribution in [3.05, 3.63) is 108 Å². The number of carbonyl (C=O) groups excluding carboxylic acids is 1. The summed E-state index contributed by atoms with van der Waals surface area (Å²) in [7, 11) is 0. The first kappa shape index (κ1) is 36.5. The van der Waals surface area contributed by atoms with Crippen molar-refractivity contribution in [2.24, 2.45) is 0 Å². The summed E-state index contributed by atoms with van der Waals surface area (Å²) in [6.07, 6.45) is -13.0. The zero-order chi connectivity index (χ0) is 35.2. The number of benzene rings is 3. The highest BCUT2D eigenvalue weighted by molar-refractivity contribution is 6.02. The van der Waals surface area contributed by atoms with Gasteiger partial charge >= 0.3 is 23.9 Å². The first-order valence-corrected chi connectivity index (χ1v) is 14.1. The van der Waals surface area contributed by atoms with Gasteiger partial charge in [0.25, 0.3) is 0 Å². The summed E-state index contributed by atoms with van der Waals surface area (Å²) < 4.78 is 0. The zero-order valence-corrected chi connectivity index (χ0v) is 24.7. The van der Waals surface area contributed by atoms with Crippen LogP contribution in [0, 0.1) is 0 Å². The fourth-order valence-electron chi connectivity index (χ4n) is 6.19. The van der Waals surface area contributed by atoms with Gasteiger partial charge in [-0.3, -0.25) is 24.0 Å². The van der Waals surface area contributed by atoms with E-state index in [0.717, 1.165) is 0 Å². The third kappa shape index (κ3) is 6.77. The normalized spacial score (nSPS) is 16.8. The van der Waals surface area contributed by atoms with E-state index in [1.54, 1.807) is 54.6 Å². The lowest BCUT2D eigenvalue weighted by Crippen LogP contribution is -2.77. The molecule has 3 aromatic carbocycles. The lowest BCUT2D eigenvalue weighted by molar-refractivity contribution is -0.284. The average Bonchev–Trinajstić information content (AvgIpc) is 3.01. The van der Waals surface area contributed by atoms with Crippen LogP contribution in [0.15, 0.2) is 91.0 Å². The van der Waals surface area contributed by atoms with E-state index in [-0.39, 0.29) is 16.7 Å². The number of aliphatic hydroxyl groups excluding tert-OH is 2. The van der Waals surface area contributed by atoms with Crippen LogP contribution in [0.3, 0.4) is 0 Å². The van der Waals surface area contributed by atoms with E-state index in [1.807, 2.05) is 0 Å². The van der Waals surface area contributed by atoms with Crippen molar-refractivity contribution in [1.29, 1.82) is 0 Å². The van der Waals surface area contributed by atoms with Crippen LogP contribution in [0.2, 0.25) is 0 Å². The van der Waals surface area contributed by atoms with Gasteiger partial charge in [-0.25, -0.2) is 0 Å². The van der Waals surface area contributed by atoms with Gasteiger partial charge in [0.2, 0.25) is 0 Å². The van der Waals surface area contributed by atoms with E-state index in [4.69, 9.17) is 0 Å². The predicted molar refractivity (Wildman–Crippen MR) is 160 cm³/mol. The van der Waals surface area contributed by atoms with Crippen LogP contribution in [-0.4, -0.2) is 105 Å². The Balaban J connectivity index is 2.49. The smallest absolute Gasteiger partial charge is 0.310 e. The number of hydrogen-bond donors (Lipinski definition) is 9. The number of carbonyl (C=O) groups is 5. The van der Waals surface area contributed by atoms with Gasteiger partial charge in [0.15, 0.2) is 11.4 Å². The SMILES string of the molecule is O=C(O)CC(=O)[C@@](O)(CC(=O)O)[C@](O)(CC(=O)O)[C@@](O)(CC(=O)O)[C@H](O)C(O)C(c1ccccc1)(c1ccccc1)c1ccccc1. The van der Waals surface area contributed by atoms with E-state index in [9.17, 15) is 69.9 Å². The number of aliphatic carboxylic acids is 4. The highest BCUT2D eigenvalue weighted by Crippen LogP contribution is 2.49. The Morgan fingerprint density at radius 2 is 0.872 bits per heavy atom. The number of carboxylic acids is 4. The molecule has 0 saturated carbocycles. The minimum Gasteiger partial charge on any atom is -0.481 e. The minimum atomic E-state index is -4.16. The maximum atomic E-state index is 13.2. The summed E-state index contributed by atoms with van der Waals surface area (Å²) >= 11 is 0. The molecule has 0 aromatic heterocycles. The van der Waals surface area contributed by atoms with Crippen molar-refractivity contribution in [3.8, 4) is 0 Å². The molecule has 1 unspecified atom stereocenters. The Kier molecular flexibility index (Phi) is 11.0. The Labute approximate surface area is 267 Å². The highest BCUT2D eigenvalue weighted by Gasteiger charge is 2.71. The zero-order valence-electron chi connectivity index (χ0n) is 24.7. The molecule has 0 amide bonds. The maximum Gasteiger partial charge on any atom is 0.310 e. The van der Waals surface area contributed by atoms with Crippen molar-refractivity contribution in [2.75, 3.05) is 0 Å². The average molecular weight is 655 g/mol. The minimum absolute atomic E-state index is 0.228. The second kappa shape index (κ2) is 14.2. The lowest BCUT2D eigenvalue weighted by atomic mass is 9.57. The molecule has 9 N–H and O–H groups in total. The summed E-state index contributed by atoms with van der Waals surface area (Å²) in [6, 6.07) is 23.4. The van der Waals surface area contributed by atoms with Gasteiger partial charge in [-0.15, -0.1) is 0 Å². The number of hydrogen-bond acceptors (Lipinski definition) is 10. The molecule has 250 valence electrons. The molecule has 0 aliphatic heterocycles. The van der Waals surface area contributed by atoms with Crippen LogP contribution >= 0.6 is 0 Å². The van der Waals surface area contributed by atoms with Crippen LogP contribution in [0.1, 0.15) is 42.4 Å². The fourth-order valence-corrected chi connectivity index (χ4v) is 6.19. The number of Topliss-reactive ketones (excluding diaryl/α,β-unsaturated/α-hetero) is 1. The van der Waals surface area contributed by atoms with Gasteiger partial charge in [0.1, 0.15) is 29.8 Å². The quantitative estimate of drug-likeness (QED) is 0.0705. The molecule has 0 saturated heterocycles. The third-order valence-corrected chi connectivity index (χ3v) is 8.33. The Hall–Kier alpha value is -4.99. The lowest BCUT2D eigenvalue weighted by Gasteiger charge is -2.54. The summed E-state index contributed by atoms with van der Waals surface area (Å²) in [5.41, 5.74) is -13.5. The Morgan fingerprint density at radius 1 is 0.511 bits per heavy atom. The molecule has 14 heteroatoms. The second-order valence-corrected chi connectivity index (χ2v) is 11.1. The second-order valence-electron chi connectivity index (χ2n) is 11.1. The van der Waals surface area contributed by atoms with Crippen LogP contribution in [-0.2, 0) is 29.4 Å². The molecule has 47 heavy (non-hydrogen) atoms. The summed E-state index contributed by atoms with van der Waals surface area (Å²) in [4.78, 5) is 60.9. The molecule has 0 bridgehead atoms. The van der Waals surface area contributed by atoms with Gasteiger partial charge in [0, 0.05) is 0 Å². The van der Waals surface area contributed by atoms with E-state index >= 15 is 0 Å². The molecule has 0 spiro atoms. The number of ketones is 1. The molecule has 0 radical (unpaired) electrons. The van der Waals surface area contributed by atoms with Gasteiger partial charge < -0.3 is 46.0 Å². The number of aliphatic hydroxyl groups is 5. The van der Waals surface area contributed by atoms with Gasteiger partial charge in [-0.05, 0) is 16.7 Å². The Bertz CT molecular complexity index is 1500. The summed E-state index contributed by atoms with van der Waals surface area (Å²) in [5, 5.41) is 98.5. The molecule has 0 fully saturated rings. The van der Waals surface area contributed by atoms with Gasteiger partial charge in [-0.1, -0.05) is 91.0 Å². The molecule has 0 aliphatic rings. The standard InChI is InChI=1S/C33H34O14/c34-23(16-24(35)36)30(45,17-25(37)38)32(47,19-27(41)42)31(46,18-26(39)40)28(43)29(44)33(20-10-4-1-5-11-20,21-12-6-2-7-13-21)22-14-8-3-9-15-22/h1-15,28-29,43-47H,16-19H2,(H,35,36)(H,37,38)(H,39,40)(H,41,42)/t28-,29?,30+,31-,32-/m1/s1. The molecule has 14 nitrogen and oxygen atoms in total. The van der Waals surface area contributed by atoms with E-state index < -0.39 is 89.8 Å². The fraction of sp³-hybridized carbons (Fsp3) is 0.303. The third-order valence-electron chi connectivity index (χ3n) is 8.33. The number of rotatable bonds is 17. The van der Waals surface area contributed by atoms with E-state index in [2.05, 4.69) is 0 Å². The van der Waals surface area contributed by atoms with Crippen molar-refractivity contribution in [2.45, 2.75) is 60.1 Å². The molecular formula is C33H34O14. The largest absolute Gasteiger partial charge is 0.481 e. The molecule has 0 aliphatic carbocycles. The van der Waals surface area contributed by atoms with E-state index in [0.29, 0.717) is 0 Å². The number of carboxylic acid groups (broad SMARTS) is 4. The molecule has 5 atom stereocenters. The van der Waals surface area contributed by atoms with Gasteiger partial charge in [0.05, 0.1) is 24.7 Å².